The Morgan fingerprint density at radius 1 is 0.862 bits per heavy atom. The summed E-state index contributed by atoms with van der Waals surface area (Å²) in [5.41, 5.74) is 11.7. The molecule has 3 N–H and O–H groups in total. The molecule has 0 saturated heterocycles. The van der Waals surface area contributed by atoms with E-state index in [1.54, 1.807) is 12.4 Å². The van der Waals surface area contributed by atoms with Crippen LogP contribution in [0.15, 0.2) is 67.0 Å². The first-order valence-corrected chi connectivity index (χ1v) is 10.1. The molecule has 5 nitrogen and oxygen atoms in total. The monoisotopic (exact) mass is 402 g/mol. The van der Waals surface area contributed by atoms with Crippen LogP contribution >= 0.6 is 12.2 Å². The van der Waals surface area contributed by atoms with Gasteiger partial charge in [-0.15, -0.1) is 0 Å². The highest BCUT2D eigenvalue weighted by Crippen LogP contribution is 2.19. The number of aryl methyl sites for hydroxylation is 4. The highest BCUT2D eigenvalue weighted by Gasteiger charge is 2.14. The van der Waals surface area contributed by atoms with Crippen molar-refractivity contribution in [1.29, 1.82) is 0 Å². The van der Waals surface area contributed by atoms with E-state index in [9.17, 15) is 4.79 Å². The summed E-state index contributed by atoms with van der Waals surface area (Å²) < 4.78 is 0. The van der Waals surface area contributed by atoms with Crippen molar-refractivity contribution in [2.75, 3.05) is 5.32 Å². The molecule has 2 aromatic carbocycles. The Morgan fingerprint density at radius 2 is 1.55 bits per heavy atom. The van der Waals surface area contributed by atoms with Gasteiger partial charge in [-0.2, -0.15) is 0 Å². The van der Waals surface area contributed by atoms with E-state index in [1.807, 2.05) is 18.2 Å². The molecule has 0 unspecified atom stereocenters. The van der Waals surface area contributed by atoms with Gasteiger partial charge in [0.15, 0.2) is 5.11 Å². The third kappa shape index (κ3) is 4.97. The Bertz CT molecular complexity index is 1020. The summed E-state index contributed by atoms with van der Waals surface area (Å²) in [5, 5.41) is 3.29. The van der Waals surface area contributed by atoms with Crippen molar-refractivity contribution in [3.8, 4) is 0 Å². The van der Waals surface area contributed by atoms with Crippen LogP contribution < -0.4 is 16.2 Å². The van der Waals surface area contributed by atoms with Gasteiger partial charge in [0.1, 0.15) is 0 Å². The van der Waals surface area contributed by atoms with Crippen LogP contribution in [-0.4, -0.2) is 16.0 Å². The Hall–Kier alpha value is -3.25. The lowest BCUT2D eigenvalue weighted by Crippen LogP contribution is -2.44. The molecule has 3 aromatic rings. The second-order valence-corrected chi connectivity index (χ2v) is 7.49. The molecule has 0 aliphatic heterocycles. The van der Waals surface area contributed by atoms with Crippen molar-refractivity contribution in [2.45, 2.75) is 25.7 Å². The zero-order valence-electron chi connectivity index (χ0n) is 15.9. The molecule has 0 saturated carbocycles. The maximum Gasteiger partial charge on any atom is 0.269 e. The van der Waals surface area contributed by atoms with Crippen molar-refractivity contribution in [2.24, 2.45) is 0 Å². The van der Waals surface area contributed by atoms with Gasteiger partial charge in [0.05, 0.1) is 11.9 Å². The van der Waals surface area contributed by atoms with Crippen LogP contribution in [0.1, 0.15) is 32.6 Å². The number of hydrazine groups is 1. The summed E-state index contributed by atoms with van der Waals surface area (Å²) in [5.74, 6) is -0.192. The number of hydrogen-bond acceptors (Lipinski definition) is 3. The minimum Gasteiger partial charge on any atom is -0.330 e. The molecule has 6 heteroatoms. The van der Waals surface area contributed by atoms with Crippen LogP contribution in [-0.2, 0) is 25.7 Å². The fourth-order valence-corrected chi connectivity index (χ4v) is 3.60. The number of nitrogens with one attached hydrogen (secondary N) is 3. The number of rotatable bonds is 2. The van der Waals surface area contributed by atoms with E-state index < -0.39 is 0 Å². The first-order valence-electron chi connectivity index (χ1n) is 9.64. The third-order valence-corrected chi connectivity index (χ3v) is 5.24. The maximum absolute atomic E-state index is 12.9. The maximum atomic E-state index is 12.9. The first-order chi connectivity index (χ1) is 14.2. The zero-order chi connectivity index (χ0) is 20.1. The molecule has 0 fully saturated rings. The lowest BCUT2D eigenvalue weighted by molar-refractivity contribution is 0.0943. The molecule has 1 amide bonds. The summed E-state index contributed by atoms with van der Waals surface area (Å²) >= 11 is 5.25. The summed E-state index contributed by atoms with van der Waals surface area (Å²) in [4.78, 5) is 16.9. The minimum absolute atomic E-state index is 0.192. The van der Waals surface area contributed by atoms with E-state index in [1.165, 1.54) is 11.1 Å². The van der Waals surface area contributed by atoms with Crippen molar-refractivity contribution < 1.29 is 4.79 Å². The molecule has 4 bridgehead atoms. The molecular weight excluding hydrogens is 380 g/mol. The molecule has 0 spiro atoms. The fraction of sp³-hybridized carbons (Fsp3) is 0.174. The topological polar surface area (TPSA) is 66.1 Å². The Morgan fingerprint density at radius 3 is 2.28 bits per heavy atom. The number of amides is 1. The molecule has 7 rings (SSSR count). The highest BCUT2D eigenvalue weighted by atomic mass is 32.1. The highest BCUT2D eigenvalue weighted by molar-refractivity contribution is 7.80. The van der Waals surface area contributed by atoms with Gasteiger partial charge >= 0.3 is 0 Å². The van der Waals surface area contributed by atoms with Gasteiger partial charge < -0.3 is 5.32 Å². The number of thiocarbonyl (C=S) groups is 1. The molecule has 0 radical (unpaired) electrons. The normalized spacial score (nSPS) is 12.6. The largest absolute Gasteiger partial charge is 0.330 e. The average Bonchev–Trinajstić information content (AvgIpc) is 2.74. The molecule has 0 atom stereocenters. The third-order valence-electron chi connectivity index (χ3n) is 5.04. The van der Waals surface area contributed by atoms with Crippen molar-refractivity contribution in [1.82, 2.24) is 15.8 Å². The number of benzene rings is 2. The SMILES string of the molecule is O=C(NNC(=S)Nc1cccnc1)c1cc2ccc1CCc1ccc(cc1)CC2. The summed E-state index contributed by atoms with van der Waals surface area (Å²) in [7, 11) is 0. The lowest BCUT2D eigenvalue weighted by Gasteiger charge is -2.16. The lowest BCUT2D eigenvalue weighted by atomic mass is 9.93. The van der Waals surface area contributed by atoms with Gasteiger partial charge in [-0.25, -0.2) is 0 Å². The van der Waals surface area contributed by atoms with Crippen LogP contribution in [0.4, 0.5) is 5.69 Å². The summed E-state index contributed by atoms with van der Waals surface area (Å²) in [6, 6.07) is 18.6. The Labute approximate surface area is 175 Å². The predicted octanol–water partition coefficient (Wildman–Crippen LogP) is 3.60. The number of anilines is 1. The number of hydrogen-bond donors (Lipinski definition) is 3. The van der Waals surface area contributed by atoms with Crippen LogP contribution in [0.3, 0.4) is 0 Å². The van der Waals surface area contributed by atoms with E-state index in [4.69, 9.17) is 12.2 Å². The second-order valence-electron chi connectivity index (χ2n) is 7.08. The van der Waals surface area contributed by atoms with E-state index in [-0.39, 0.29) is 5.91 Å². The average molecular weight is 403 g/mol. The van der Waals surface area contributed by atoms with Gasteiger partial charge in [-0.3, -0.25) is 20.6 Å². The van der Waals surface area contributed by atoms with E-state index in [0.717, 1.165) is 42.5 Å². The molecule has 146 valence electrons. The van der Waals surface area contributed by atoms with Crippen molar-refractivity contribution >= 4 is 28.9 Å². The number of pyridine rings is 1. The number of aromatic nitrogens is 1. The van der Waals surface area contributed by atoms with E-state index in [2.05, 4.69) is 57.6 Å². The minimum atomic E-state index is -0.192. The zero-order valence-corrected chi connectivity index (χ0v) is 16.8. The number of nitrogens with zero attached hydrogens (tertiary/aromatic N) is 1. The Balaban J connectivity index is 1.46. The summed E-state index contributed by atoms with van der Waals surface area (Å²) in [6.45, 7) is 0. The van der Waals surface area contributed by atoms with Gasteiger partial charge in [0, 0.05) is 11.8 Å². The van der Waals surface area contributed by atoms with Crippen molar-refractivity contribution in [3.63, 3.8) is 0 Å². The second kappa shape index (κ2) is 8.84. The van der Waals surface area contributed by atoms with Gasteiger partial charge in [0.25, 0.3) is 5.91 Å². The predicted molar refractivity (Wildman–Crippen MR) is 119 cm³/mol. The smallest absolute Gasteiger partial charge is 0.269 e. The van der Waals surface area contributed by atoms with Gasteiger partial charge in [0.2, 0.25) is 0 Å². The Kier molecular flexibility index (Phi) is 5.81. The van der Waals surface area contributed by atoms with Crippen molar-refractivity contribution in [3.05, 3.63) is 94.8 Å². The fourth-order valence-electron chi connectivity index (χ4n) is 3.43. The van der Waals surface area contributed by atoms with E-state index >= 15 is 0 Å². The van der Waals surface area contributed by atoms with Gasteiger partial charge in [-0.05, 0) is 78.4 Å². The van der Waals surface area contributed by atoms with Crippen LogP contribution in [0.2, 0.25) is 0 Å². The van der Waals surface area contributed by atoms with Crippen LogP contribution in [0.25, 0.3) is 0 Å². The molecular formula is C23H22N4OS. The summed E-state index contributed by atoms with van der Waals surface area (Å²) in [6.07, 6.45) is 6.90. The van der Waals surface area contributed by atoms with Crippen LogP contribution in [0, 0.1) is 0 Å². The van der Waals surface area contributed by atoms with Crippen LogP contribution in [0.5, 0.6) is 0 Å². The molecule has 4 aliphatic carbocycles. The van der Waals surface area contributed by atoms with Gasteiger partial charge in [-0.1, -0.05) is 36.4 Å². The number of carbonyl (C=O) groups is 1. The molecule has 1 heterocycles. The molecule has 1 aromatic heterocycles. The van der Waals surface area contributed by atoms with E-state index in [0.29, 0.717) is 10.7 Å². The number of carbonyl (C=O) groups excluding carboxylic acids is 1. The molecule has 4 aliphatic rings. The molecule has 29 heavy (non-hydrogen) atoms. The first kappa shape index (κ1) is 19.1. The quantitative estimate of drug-likeness (QED) is 0.452. The standard InChI is InChI=1S/C23H22N4OS/c28-22(26-27-23(29)25-20-2-1-13-24-15-20)21-14-18-8-7-16-3-5-17(6-4-16)9-11-19(21)12-10-18/h1-6,10,12-15H,7-9,11H2,(H,26,28)(H2,25,27,29).